The van der Waals surface area contributed by atoms with Crippen molar-refractivity contribution in [1.29, 1.82) is 0 Å². The van der Waals surface area contributed by atoms with Gasteiger partial charge in [-0.05, 0) is 18.2 Å². The molecule has 3 N–H and O–H groups in total. The molecule has 1 aromatic heterocycles. The SMILES string of the molecule is Nc1c2c(nn1-c1cccc(C(F)(F)F)c1)CNC2. The smallest absolute Gasteiger partial charge is 0.383 e. The first-order chi connectivity index (χ1) is 8.97. The molecule has 0 fully saturated rings. The molecular formula is C12H11F3N4. The lowest BCUT2D eigenvalue weighted by atomic mass is 10.2. The van der Waals surface area contributed by atoms with Crippen LogP contribution in [0.4, 0.5) is 19.0 Å². The monoisotopic (exact) mass is 268 g/mol. The van der Waals surface area contributed by atoms with Gasteiger partial charge in [0.05, 0.1) is 16.9 Å². The van der Waals surface area contributed by atoms with Crippen LogP contribution in [-0.4, -0.2) is 9.78 Å². The molecule has 0 spiro atoms. The number of nitrogens with zero attached hydrogens (tertiary/aromatic N) is 2. The number of halogens is 3. The fourth-order valence-corrected chi connectivity index (χ4v) is 2.16. The van der Waals surface area contributed by atoms with Crippen LogP contribution >= 0.6 is 0 Å². The highest BCUT2D eigenvalue weighted by Gasteiger charge is 2.31. The first-order valence-electron chi connectivity index (χ1n) is 5.71. The molecule has 1 aliphatic heterocycles. The molecule has 0 bridgehead atoms. The largest absolute Gasteiger partial charge is 0.416 e. The summed E-state index contributed by atoms with van der Waals surface area (Å²) in [5, 5.41) is 7.33. The maximum absolute atomic E-state index is 12.7. The second-order valence-corrected chi connectivity index (χ2v) is 4.37. The molecule has 3 rings (SSSR count). The van der Waals surface area contributed by atoms with Crippen molar-refractivity contribution in [3.05, 3.63) is 41.1 Å². The Hall–Kier alpha value is -2.02. The Kier molecular flexibility index (Phi) is 2.53. The van der Waals surface area contributed by atoms with Crippen molar-refractivity contribution in [2.45, 2.75) is 19.3 Å². The van der Waals surface area contributed by atoms with Crippen LogP contribution in [-0.2, 0) is 19.3 Å². The maximum atomic E-state index is 12.7. The van der Waals surface area contributed by atoms with E-state index in [1.165, 1.54) is 10.7 Å². The molecule has 1 aliphatic rings. The molecule has 0 atom stereocenters. The van der Waals surface area contributed by atoms with Crippen molar-refractivity contribution in [3.8, 4) is 5.69 Å². The van der Waals surface area contributed by atoms with E-state index in [0.717, 1.165) is 23.4 Å². The lowest BCUT2D eigenvalue weighted by Crippen LogP contribution is -2.10. The van der Waals surface area contributed by atoms with Gasteiger partial charge < -0.3 is 11.1 Å². The fourth-order valence-electron chi connectivity index (χ4n) is 2.16. The van der Waals surface area contributed by atoms with Gasteiger partial charge in [0.15, 0.2) is 0 Å². The van der Waals surface area contributed by atoms with Crippen molar-refractivity contribution in [2.75, 3.05) is 5.73 Å². The first kappa shape index (κ1) is 12.0. The van der Waals surface area contributed by atoms with E-state index in [2.05, 4.69) is 10.4 Å². The summed E-state index contributed by atoms with van der Waals surface area (Å²) in [6.07, 6.45) is -4.37. The molecule has 19 heavy (non-hydrogen) atoms. The van der Waals surface area contributed by atoms with Gasteiger partial charge >= 0.3 is 6.18 Å². The molecular weight excluding hydrogens is 257 g/mol. The molecule has 0 radical (unpaired) electrons. The van der Waals surface area contributed by atoms with Crippen LogP contribution in [0.1, 0.15) is 16.8 Å². The Labute approximate surface area is 107 Å². The van der Waals surface area contributed by atoms with Crippen LogP contribution in [0.15, 0.2) is 24.3 Å². The zero-order valence-electron chi connectivity index (χ0n) is 9.83. The van der Waals surface area contributed by atoms with Crippen molar-refractivity contribution in [3.63, 3.8) is 0 Å². The number of nitrogen functional groups attached to an aromatic ring is 1. The molecule has 2 heterocycles. The van der Waals surface area contributed by atoms with Gasteiger partial charge in [-0.3, -0.25) is 0 Å². The number of alkyl halides is 3. The predicted octanol–water partition coefficient (Wildman–Crippen LogP) is 2.08. The summed E-state index contributed by atoms with van der Waals surface area (Å²) in [5.41, 5.74) is 7.18. The summed E-state index contributed by atoms with van der Waals surface area (Å²) in [6, 6.07) is 4.98. The van der Waals surface area contributed by atoms with E-state index in [1.807, 2.05) is 0 Å². The number of rotatable bonds is 1. The van der Waals surface area contributed by atoms with Crippen molar-refractivity contribution in [1.82, 2.24) is 15.1 Å². The van der Waals surface area contributed by atoms with Gasteiger partial charge in [0.1, 0.15) is 5.82 Å². The van der Waals surface area contributed by atoms with Gasteiger partial charge in [0.2, 0.25) is 0 Å². The summed E-state index contributed by atoms with van der Waals surface area (Å²) in [6.45, 7) is 1.19. The van der Waals surface area contributed by atoms with Gasteiger partial charge in [0.25, 0.3) is 0 Å². The van der Waals surface area contributed by atoms with E-state index >= 15 is 0 Å². The number of hydrogen-bond acceptors (Lipinski definition) is 3. The molecule has 0 saturated heterocycles. The van der Waals surface area contributed by atoms with Crippen LogP contribution in [0.3, 0.4) is 0 Å². The number of fused-ring (bicyclic) bond motifs is 1. The van der Waals surface area contributed by atoms with Crippen molar-refractivity contribution >= 4 is 5.82 Å². The van der Waals surface area contributed by atoms with E-state index in [9.17, 15) is 13.2 Å². The number of benzene rings is 1. The zero-order valence-corrected chi connectivity index (χ0v) is 9.83. The van der Waals surface area contributed by atoms with Crippen LogP contribution in [0.25, 0.3) is 5.69 Å². The Bertz CT molecular complexity index is 630. The maximum Gasteiger partial charge on any atom is 0.416 e. The van der Waals surface area contributed by atoms with E-state index in [4.69, 9.17) is 5.73 Å². The van der Waals surface area contributed by atoms with E-state index in [1.54, 1.807) is 6.07 Å². The Balaban J connectivity index is 2.08. The third-order valence-electron chi connectivity index (χ3n) is 3.12. The Morgan fingerprint density at radius 1 is 1.26 bits per heavy atom. The molecule has 0 unspecified atom stereocenters. The normalized spacial score (nSPS) is 14.7. The minimum Gasteiger partial charge on any atom is -0.383 e. The number of anilines is 1. The van der Waals surface area contributed by atoms with Gasteiger partial charge in [-0.1, -0.05) is 6.07 Å². The summed E-state index contributed by atoms with van der Waals surface area (Å²) in [5.74, 6) is 0.388. The Morgan fingerprint density at radius 3 is 2.74 bits per heavy atom. The highest BCUT2D eigenvalue weighted by Crippen LogP contribution is 2.31. The summed E-state index contributed by atoms with van der Waals surface area (Å²) >= 11 is 0. The van der Waals surface area contributed by atoms with E-state index < -0.39 is 11.7 Å². The molecule has 0 aliphatic carbocycles. The predicted molar refractivity (Wildman–Crippen MR) is 63.5 cm³/mol. The molecule has 0 amide bonds. The number of nitrogens with one attached hydrogen (secondary N) is 1. The van der Waals surface area contributed by atoms with Gasteiger partial charge in [-0.25, -0.2) is 4.68 Å². The fraction of sp³-hybridized carbons (Fsp3) is 0.250. The molecule has 1 aromatic carbocycles. The highest BCUT2D eigenvalue weighted by atomic mass is 19.4. The Morgan fingerprint density at radius 2 is 2.05 bits per heavy atom. The van der Waals surface area contributed by atoms with E-state index in [0.29, 0.717) is 24.6 Å². The van der Waals surface area contributed by atoms with Gasteiger partial charge in [0, 0.05) is 18.7 Å². The van der Waals surface area contributed by atoms with Crippen LogP contribution in [0, 0.1) is 0 Å². The average Bonchev–Trinajstić information content (AvgIpc) is 2.92. The van der Waals surface area contributed by atoms with Crippen molar-refractivity contribution in [2.24, 2.45) is 0 Å². The van der Waals surface area contributed by atoms with Crippen LogP contribution in [0.2, 0.25) is 0 Å². The molecule has 2 aromatic rings. The van der Waals surface area contributed by atoms with E-state index in [-0.39, 0.29) is 0 Å². The molecule has 100 valence electrons. The summed E-state index contributed by atoms with van der Waals surface area (Å²) in [7, 11) is 0. The molecule has 4 nitrogen and oxygen atoms in total. The third kappa shape index (κ3) is 1.95. The van der Waals surface area contributed by atoms with Gasteiger partial charge in [-0.15, -0.1) is 0 Å². The second-order valence-electron chi connectivity index (χ2n) is 4.37. The quantitative estimate of drug-likeness (QED) is 0.832. The topological polar surface area (TPSA) is 55.9 Å². The number of nitrogens with two attached hydrogens (primary N) is 1. The van der Waals surface area contributed by atoms with Crippen molar-refractivity contribution < 1.29 is 13.2 Å². The highest BCUT2D eigenvalue weighted by molar-refractivity contribution is 5.52. The summed E-state index contributed by atoms with van der Waals surface area (Å²) in [4.78, 5) is 0. The van der Waals surface area contributed by atoms with Crippen LogP contribution in [0.5, 0.6) is 0 Å². The third-order valence-corrected chi connectivity index (χ3v) is 3.12. The zero-order chi connectivity index (χ0) is 13.6. The van der Waals surface area contributed by atoms with Gasteiger partial charge in [-0.2, -0.15) is 18.3 Å². The minimum atomic E-state index is -4.37. The standard InChI is InChI=1S/C12H11F3N4/c13-12(14,15)7-2-1-3-8(4-7)19-11(16)9-5-17-6-10(9)18-19/h1-4,17H,5-6,16H2. The molecule has 7 heteroatoms. The molecule has 0 saturated carbocycles. The lowest BCUT2D eigenvalue weighted by molar-refractivity contribution is -0.137. The summed E-state index contributed by atoms with van der Waals surface area (Å²) < 4.78 is 39.4. The van der Waals surface area contributed by atoms with Crippen LogP contribution < -0.4 is 11.1 Å². The number of hydrogen-bond donors (Lipinski definition) is 2. The average molecular weight is 268 g/mol. The second kappa shape index (κ2) is 3.99. The minimum absolute atomic E-state index is 0.321. The number of aromatic nitrogens is 2. The first-order valence-corrected chi connectivity index (χ1v) is 5.71. The lowest BCUT2D eigenvalue weighted by Gasteiger charge is -2.10.